The predicted octanol–water partition coefficient (Wildman–Crippen LogP) is 6.95. The zero-order valence-corrected chi connectivity index (χ0v) is 21.1. The van der Waals surface area contributed by atoms with Gasteiger partial charge in [-0.3, -0.25) is 4.79 Å². The maximum absolute atomic E-state index is 13.7. The van der Waals surface area contributed by atoms with Gasteiger partial charge >= 0.3 is 0 Å². The van der Waals surface area contributed by atoms with E-state index in [1.807, 2.05) is 18.2 Å². The highest BCUT2D eigenvalue weighted by Crippen LogP contribution is 2.40. The monoisotopic (exact) mass is 480 g/mol. The number of fused-ring (bicyclic) bond motifs is 2. The number of rotatable bonds is 12. The van der Waals surface area contributed by atoms with Gasteiger partial charge in [0.25, 0.3) is 0 Å². The molecule has 0 spiro atoms. The molecule has 0 aliphatic carbocycles. The van der Waals surface area contributed by atoms with Crippen LogP contribution in [0.2, 0.25) is 0 Å². The van der Waals surface area contributed by atoms with Crippen LogP contribution in [-0.4, -0.2) is 24.4 Å². The summed E-state index contributed by atoms with van der Waals surface area (Å²) in [6.45, 7) is 4.26. The molecule has 0 saturated carbocycles. The molecule has 0 fully saturated rings. The van der Waals surface area contributed by atoms with Crippen molar-refractivity contribution in [2.45, 2.75) is 65.2 Å². The van der Waals surface area contributed by atoms with E-state index in [0.717, 1.165) is 38.5 Å². The summed E-state index contributed by atoms with van der Waals surface area (Å²) < 4.78 is 16.9. The SMILES string of the molecule is CCCCC=CCc1c(OC)cc2oc3cc(OC)c(O)c(C/C=C/CCCC)c3c(=O)c2c1O. The molecule has 0 atom stereocenters. The molecule has 0 saturated heterocycles. The van der Waals surface area contributed by atoms with Crippen molar-refractivity contribution in [3.63, 3.8) is 0 Å². The van der Waals surface area contributed by atoms with Crippen LogP contribution in [0.1, 0.15) is 63.5 Å². The van der Waals surface area contributed by atoms with Crippen LogP contribution in [0.25, 0.3) is 21.9 Å². The van der Waals surface area contributed by atoms with Gasteiger partial charge < -0.3 is 24.1 Å². The number of hydrogen-bond donors (Lipinski definition) is 2. The lowest BCUT2D eigenvalue weighted by Crippen LogP contribution is -2.08. The van der Waals surface area contributed by atoms with Crippen LogP contribution in [0.4, 0.5) is 0 Å². The summed E-state index contributed by atoms with van der Waals surface area (Å²) in [6, 6.07) is 3.14. The number of methoxy groups -OCH3 is 2. The molecular formula is C29H36O6. The van der Waals surface area contributed by atoms with Crippen LogP contribution in [0.5, 0.6) is 23.0 Å². The fraction of sp³-hybridized carbons (Fsp3) is 0.414. The van der Waals surface area contributed by atoms with E-state index in [-0.39, 0.29) is 39.2 Å². The van der Waals surface area contributed by atoms with Gasteiger partial charge in [-0.1, -0.05) is 63.8 Å². The maximum atomic E-state index is 13.7. The summed E-state index contributed by atoms with van der Waals surface area (Å²) in [4.78, 5) is 13.7. The number of phenolic OH excluding ortho intramolecular Hbond substituents is 2. The first-order valence-electron chi connectivity index (χ1n) is 12.4. The van der Waals surface area contributed by atoms with Gasteiger partial charge in [0.05, 0.1) is 19.6 Å². The third-order valence-corrected chi connectivity index (χ3v) is 6.20. The molecule has 1 aromatic heterocycles. The molecule has 0 radical (unpaired) electrons. The molecule has 0 aliphatic rings. The smallest absolute Gasteiger partial charge is 0.204 e. The van der Waals surface area contributed by atoms with E-state index in [2.05, 4.69) is 19.9 Å². The largest absolute Gasteiger partial charge is 0.507 e. The summed E-state index contributed by atoms with van der Waals surface area (Å²) in [6.07, 6.45) is 15.0. The van der Waals surface area contributed by atoms with Gasteiger partial charge in [-0.15, -0.1) is 0 Å². The van der Waals surface area contributed by atoms with Crippen molar-refractivity contribution in [3.05, 3.63) is 57.8 Å². The van der Waals surface area contributed by atoms with E-state index in [1.165, 1.54) is 20.3 Å². The Morgan fingerprint density at radius 3 is 1.89 bits per heavy atom. The zero-order valence-electron chi connectivity index (χ0n) is 21.1. The Hall–Kier alpha value is -3.41. The third kappa shape index (κ3) is 5.64. The average molecular weight is 481 g/mol. The molecule has 2 N–H and O–H groups in total. The van der Waals surface area contributed by atoms with E-state index >= 15 is 0 Å². The number of aromatic hydroxyl groups is 2. The summed E-state index contributed by atoms with van der Waals surface area (Å²) in [5, 5.41) is 22.3. The second kappa shape index (κ2) is 12.3. The maximum Gasteiger partial charge on any atom is 0.204 e. The van der Waals surface area contributed by atoms with E-state index in [0.29, 0.717) is 29.7 Å². The molecule has 0 bridgehead atoms. The second-order valence-corrected chi connectivity index (χ2v) is 8.62. The standard InChI is InChI=1S/C29H36O6/c1-5-7-9-11-13-15-19-21(33-3)17-23-26(28(19)31)29(32)25-20(16-14-12-10-8-6-2)27(30)24(34-4)18-22(25)35-23/h11-14,17-18,30-31H,5-10,15-16H2,1-4H3/b13-11?,14-12+. The van der Waals surface area contributed by atoms with Gasteiger partial charge in [-0.2, -0.15) is 0 Å². The fourth-order valence-electron chi connectivity index (χ4n) is 4.23. The zero-order chi connectivity index (χ0) is 25.4. The number of benzene rings is 2. The number of allylic oxidation sites excluding steroid dienone is 4. The Balaban J connectivity index is 2.21. The van der Waals surface area contributed by atoms with E-state index < -0.39 is 5.43 Å². The van der Waals surface area contributed by atoms with Crippen molar-refractivity contribution >= 4 is 21.9 Å². The number of phenols is 2. The molecule has 0 amide bonds. The molecule has 6 nitrogen and oxygen atoms in total. The number of ether oxygens (including phenoxy) is 2. The van der Waals surface area contributed by atoms with Crippen LogP contribution in [0, 0.1) is 0 Å². The van der Waals surface area contributed by atoms with Crippen molar-refractivity contribution in [2.75, 3.05) is 14.2 Å². The van der Waals surface area contributed by atoms with Crippen molar-refractivity contribution in [2.24, 2.45) is 0 Å². The van der Waals surface area contributed by atoms with E-state index in [4.69, 9.17) is 13.9 Å². The third-order valence-electron chi connectivity index (χ3n) is 6.20. The topological polar surface area (TPSA) is 89.1 Å². The minimum Gasteiger partial charge on any atom is -0.507 e. The second-order valence-electron chi connectivity index (χ2n) is 8.62. The van der Waals surface area contributed by atoms with Crippen LogP contribution in [0.3, 0.4) is 0 Å². The van der Waals surface area contributed by atoms with Gasteiger partial charge in [0, 0.05) is 23.3 Å². The molecule has 6 heteroatoms. The van der Waals surface area contributed by atoms with Crippen molar-refractivity contribution in [1.82, 2.24) is 0 Å². The molecule has 0 aliphatic heterocycles. The van der Waals surface area contributed by atoms with Gasteiger partial charge in [-0.05, 0) is 25.7 Å². The van der Waals surface area contributed by atoms with Gasteiger partial charge in [0.1, 0.15) is 28.1 Å². The molecule has 3 aromatic rings. The summed E-state index contributed by atoms with van der Waals surface area (Å²) >= 11 is 0. The van der Waals surface area contributed by atoms with Gasteiger partial charge in [-0.25, -0.2) is 0 Å². The van der Waals surface area contributed by atoms with Gasteiger partial charge in [0.15, 0.2) is 11.5 Å². The molecule has 2 aromatic carbocycles. The summed E-state index contributed by atoms with van der Waals surface area (Å²) in [5.41, 5.74) is 1.04. The number of unbranched alkanes of at least 4 members (excludes halogenated alkanes) is 4. The molecule has 188 valence electrons. The molecule has 0 unspecified atom stereocenters. The minimum atomic E-state index is -0.396. The Bertz CT molecular complexity index is 1280. The van der Waals surface area contributed by atoms with Gasteiger partial charge in [0.2, 0.25) is 5.43 Å². The Morgan fingerprint density at radius 1 is 0.771 bits per heavy atom. The molecular weight excluding hydrogens is 444 g/mol. The fourth-order valence-corrected chi connectivity index (χ4v) is 4.23. The highest BCUT2D eigenvalue weighted by molar-refractivity contribution is 5.97. The first-order chi connectivity index (χ1) is 17.0. The normalized spacial score (nSPS) is 11.9. The Morgan fingerprint density at radius 2 is 1.31 bits per heavy atom. The van der Waals surface area contributed by atoms with Crippen LogP contribution >= 0.6 is 0 Å². The highest BCUT2D eigenvalue weighted by atomic mass is 16.5. The van der Waals surface area contributed by atoms with Crippen molar-refractivity contribution < 1.29 is 24.1 Å². The number of hydrogen-bond acceptors (Lipinski definition) is 6. The Kier molecular flexibility index (Phi) is 9.24. The lowest BCUT2D eigenvalue weighted by Gasteiger charge is -2.14. The first kappa shape index (κ1) is 26.2. The van der Waals surface area contributed by atoms with Crippen molar-refractivity contribution in [3.8, 4) is 23.0 Å². The molecule has 35 heavy (non-hydrogen) atoms. The predicted molar refractivity (Wildman–Crippen MR) is 141 cm³/mol. The summed E-state index contributed by atoms with van der Waals surface area (Å²) in [5.74, 6) is 0.415. The Labute approximate surface area is 206 Å². The average Bonchev–Trinajstić information content (AvgIpc) is 2.85. The van der Waals surface area contributed by atoms with E-state index in [9.17, 15) is 15.0 Å². The van der Waals surface area contributed by atoms with Crippen LogP contribution in [0.15, 0.2) is 45.6 Å². The van der Waals surface area contributed by atoms with E-state index in [1.54, 1.807) is 6.07 Å². The quantitative estimate of drug-likeness (QED) is 0.166. The lowest BCUT2D eigenvalue weighted by atomic mass is 9.99. The highest BCUT2D eigenvalue weighted by Gasteiger charge is 2.23. The first-order valence-corrected chi connectivity index (χ1v) is 12.4. The molecule has 3 rings (SSSR count). The van der Waals surface area contributed by atoms with Crippen LogP contribution in [-0.2, 0) is 12.8 Å². The lowest BCUT2D eigenvalue weighted by molar-refractivity contribution is 0.371. The van der Waals surface area contributed by atoms with Crippen molar-refractivity contribution in [1.29, 1.82) is 0 Å². The molecule has 1 heterocycles. The minimum absolute atomic E-state index is 0.0797. The summed E-state index contributed by atoms with van der Waals surface area (Å²) in [7, 11) is 2.98. The van der Waals surface area contributed by atoms with Crippen LogP contribution < -0.4 is 14.9 Å².